The lowest BCUT2D eigenvalue weighted by molar-refractivity contribution is -0.142. The summed E-state index contributed by atoms with van der Waals surface area (Å²) in [6.07, 6.45) is 3.60. The molecule has 0 aliphatic carbocycles. The third-order valence-electron chi connectivity index (χ3n) is 2.40. The van der Waals surface area contributed by atoms with Gasteiger partial charge in [0, 0.05) is 5.54 Å². The number of carboxylic acid groups (broad SMARTS) is 1. The highest BCUT2D eigenvalue weighted by Gasteiger charge is 2.17. The number of carboxylic acids is 1. The number of rotatable bonds is 7. The highest BCUT2D eigenvalue weighted by molar-refractivity contribution is 5.85. The van der Waals surface area contributed by atoms with Gasteiger partial charge in [0.1, 0.15) is 0 Å². The predicted molar refractivity (Wildman–Crippen MR) is 77.5 cm³/mol. The van der Waals surface area contributed by atoms with Crippen LogP contribution in [-0.2, 0) is 4.79 Å². The molecule has 0 saturated heterocycles. The van der Waals surface area contributed by atoms with Crippen molar-refractivity contribution in [1.29, 1.82) is 0 Å². The molecule has 1 atom stereocenters. The zero-order valence-electron chi connectivity index (χ0n) is 11.3. The monoisotopic (exact) mass is 287 g/mol. The van der Waals surface area contributed by atoms with E-state index in [0.717, 1.165) is 32.2 Å². The third-order valence-corrected chi connectivity index (χ3v) is 2.40. The van der Waals surface area contributed by atoms with E-state index >= 15 is 0 Å². The average molecular weight is 288 g/mol. The predicted octanol–water partition coefficient (Wildman–Crippen LogP) is 3.50. The molecule has 0 saturated carbocycles. The van der Waals surface area contributed by atoms with E-state index in [1.807, 2.05) is 0 Å². The molecule has 3 nitrogen and oxygen atoms in total. The third kappa shape index (κ3) is 13.9. The molecule has 2 N–H and O–H groups in total. The molecule has 0 aromatic rings. The van der Waals surface area contributed by atoms with Gasteiger partial charge in [0.15, 0.2) is 0 Å². The molecule has 0 aromatic carbocycles. The molecule has 0 radical (unpaired) electrons. The number of unbranched alkanes of at least 4 members (excludes halogenated alkanes) is 1. The largest absolute Gasteiger partial charge is 0.481 e. The first-order valence-corrected chi connectivity index (χ1v) is 5.84. The molecular weight excluding hydrogens is 261 g/mol. The molecule has 106 valence electrons. The van der Waals surface area contributed by atoms with Crippen LogP contribution in [0.4, 0.5) is 0 Å². The van der Waals surface area contributed by atoms with Crippen LogP contribution in [0.5, 0.6) is 0 Å². The summed E-state index contributed by atoms with van der Waals surface area (Å²) in [4.78, 5) is 10.9. The summed E-state index contributed by atoms with van der Waals surface area (Å²) < 4.78 is 0. The summed E-state index contributed by atoms with van der Waals surface area (Å²) in [6.45, 7) is 9.15. The Hall–Kier alpha value is 0.01000. The van der Waals surface area contributed by atoms with Crippen LogP contribution in [0.1, 0.15) is 53.4 Å². The van der Waals surface area contributed by atoms with E-state index in [-0.39, 0.29) is 36.3 Å². The van der Waals surface area contributed by atoms with Crippen molar-refractivity contribution in [1.82, 2.24) is 5.32 Å². The maximum atomic E-state index is 10.9. The SMILES string of the molecule is CCCCC(CCNC(C)(C)C)C(=O)O.Cl.Cl. The molecule has 0 aliphatic rings. The lowest BCUT2D eigenvalue weighted by Crippen LogP contribution is -2.37. The van der Waals surface area contributed by atoms with Gasteiger partial charge in [-0.25, -0.2) is 0 Å². The van der Waals surface area contributed by atoms with Crippen LogP contribution in [-0.4, -0.2) is 23.2 Å². The van der Waals surface area contributed by atoms with Gasteiger partial charge in [0.2, 0.25) is 0 Å². The summed E-state index contributed by atoms with van der Waals surface area (Å²) >= 11 is 0. The molecule has 0 bridgehead atoms. The average Bonchev–Trinajstić information content (AvgIpc) is 2.08. The minimum atomic E-state index is -0.654. The van der Waals surface area contributed by atoms with Gasteiger partial charge in [0.05, 0.1) is 5.92 Å². The van der Waals surface area contributed by atoms with Crippen molar-refractivity contribution < 1.29 is 9.90 Å². The number of hydrogen-bond acceptors (Lipinski definition) is 2. The molecule has 1 unspecified atom stereocenters. The summed E-state index contributed by atoms with van der Waals surface area (Å²) in [5.74, 6) is -0.834. The zero-order chi connectivity index (χ0) is 11.9. The highest BCUT2D eigenvalue weighted by Crippen LogP contribution is 2.13. The Kier molecular flexibility index (Phi) is 14.5. The minimum Gasteiger partial charge on any atom is -0.481 e. The second-order valence-electron chi connectivity index (χ2n) is 5.14. The van der Waals surface area contributed by atoms with Crippen molar-refractivity contribution >= 4 is 30.8 Å². The molecule has 0 spiro atoms. The van der Waals surface area contributed by atoms with E-state index in [2.05, 4.69) is 33.0 Å². The van der Waals surface area contributed by atoms with Crippen molar-refractivity contribution in [2.24, 2.45) is 5.92 Å². The van der Waals surface area contributed by atoms with E-state index in [1.165, 1.54) is 0 Å². The molecule has 0 aromatic heterocycles. The van der Waals surface area contributed by atoms with Crippen molar-refractivity contribution in [3.63, 3.8) is 0 Å². The minimum absolute atomic E-state index is 0. The van der Waals surface area contributed by atoms with Gasteiger partial charge in [-0.15, -0.1) is 24.8 Å². The van der Waals surface area contributed by atoms with Crippen LogP contribution in [0.3, 0.4) is 0 Å². The molecular formula is C12H27Cl2NO2. The van der Waals surface area contributed by atoms with Gasteiger partial charge in [-0.2, -0.15) is 0 Å². The van der Waals surface area contributed by atoms with Crippen LogP contribution in [0.25, 0.3) is 0 Å². The maximum absolute atomic E-state index is 10.9. The maximum Gasteiger partial charge on any atom is 0.306 e. The molecule has 0 fully saturated rings. The molecule has 17 heavy (non-hydrogen) atoms. The van der Waals surface area contributed by atoms with Crippen molar-refractivity contribution in [2.45, 2.75) is 58.9 Å². The topological polar surface area (TPSA) is 49.3 Å². The normalized spacial score (nSPS) is 12.2. The fourth-order valence-electron chi connectivity index (χ4n) is 1.46. The van der Waals surface area contributed by atoms with Crippen LogP contribution in [0.2, 0.25) is 0 Å². The van der Waals surface area contributed by atoms with Gasteiger partial charge >= 0.3 is 5.97 Å². The van der Waals surface area contributed by atoms with Crippen LogP contribution in [0.15, 0.2) is 0 Å². The second kappa shape index (κ2) is 11.1. The van der Waals surface area contributed by atoms with E-state index in [4.69, 9.17) is 5.11 Å². The second-order valence-corrected chi connectivity index (χ2v) is 5.14. The number of nitrogens with one attached hydrogen (secondary N) is 1. The Labute approximate surface area is 118 Å². The summed E-state index contributed by atoms with van der Waals surface area (Å²) in [7, 11) is 0. The van der Waals surface area contributed by atoms with Crippen molar-refractivity contribution in [3.05, 3.63) is 0 Å². The molecule has 5 heteroatoms. The lowest BCUT2D eigenvalue weighted by Gasteiger charge is -2.21. The van der Waals surface area contributed by atoms with Crippen LogP contribution < -0.4 is 5.32 Å². The summed E-state index contributed by atoms with van der Waals surface area (Å²) in [5.41, 5.74) is 0.0772. The van der Waals surface area contributed by atoms with E-state index in [0.29, 0.717) is 0 Å². The van der Waals surface area contributed by atoms with E-state index < -0.39 is 5.97 Å². The Balaban J connectivity index is -0.000000980. The Morgan fingerprint density at radius 3 is 2.12 bits per heavy atom. The number of aliphatic carboxylic acids is 1. The van der Waals surface area contributed by atoms with Gasteiger partial charge in [0.25, 0.3) is 0 Å². The van der Waals surface area contributed by atoms with Crippen LogP contribution in [0, 0.1) is 5.92 Å². The van der Waals surface area contributed by atoms with Crippen molar-refractivity contribution in [2.75, 3.05) is 6.54 Å². The fourth-order valence-corrected chi connectivity index (χ4v) is 1.46. The standard InChI is InChI=1S/C12H25NO2.2ClH/c1-5-6-7-10(11(14)15)8-9-13-12(2,3)4;;/h10,13H,5-9H2,1-4H3,(H,14,15);2*1H. The number of hydrogen-bond donors (Lipinski definition) is 2. The van der Waals surface area contributed by atoms with Crippen LogP contribution >= 0.6 is 24.8 Å². The van der Waals surface area contributed by atoms with Gasteiger partial charge < -0.3 is 10.4 Å². The quantitative estimate of drug-likeness (QED) is 0.754. The molecule has 0 heterocycles. The zero-order valence-corrected chi connectivity index (χ0v) is 12.9. The smallest absolute Gasteiger partial charge is 0.306 e. The first kappa shape index (κ1) is 22.2. The first-order chi connectivity index (χ1) is 6.87. The number of halogens is 2. The number of carbonyl (C=O) groups is 1. The van der Waals surface area contributed by atoms with E-state index in [1.54, 1.807) is 0 Å². The van der Waals surface area contributed by atoms with Gasteiger partial charge in [-0.3, -0.25) is 4.79 Å². The molecule has 0 rings (SSSR count). The highest BCUT2D eigenvalue weighted by atomic mass is 35.5. The first-order valence-electron chi connectivity index (χ1n) is 5.84. The van der Waals surface area contributed by atoms with Gasteiger partial charge in [-0.1, -0.05) is 19.8 Å². The molecule has 0 aliphatic heterocycles. The Bertz CT molecular complexity index is 193. The Morgan fingerprint density at radius 1 is 1.24 bits per heavy atom. The van der Waals surface area contributed by atoms with Crippen molar-refractivity contribution in [3.8, 4) is 0 Å². The van der Waals surface area contributed by atoms with Gasteiger partial charge in [-0.05, 0) is 40.2 Å². The Morgan fingerprint density at radius 2 is 1.76 bits per heavy atom. The van der Waals surface area contributed by atoms with E-state index in [9.17, 15) is 4.79 Å². The summed E-state index contributed by atoms with van der Waals surface area (Å²) in [5, 5.41) is 12.3. The summed E-state index contributed by atoms with van der Waals surface area (Å²) in [6, 6.07) is 0. The lowest BCUT2D eigenvalue weighted by atomic mass is 9.98. The fraction of sp³-hybridized carbons (Fsp3) is 0.917. The molecule has 0 amide bonds.